The maximum Gasteiger partial charge on any atom is 0.305 e. The topological polar surface area (TPSA) is 76.6 Å². The molecule has 0 bridgehead atoms. The smallest absolute Gasteiger partial charge is 0.305 e. The minimum atomic E-state index is -0.0923. The Morgan fingerprint density at radius 3 is 0.969 bits per heavy atom. The molecule has 1 aliphatic rings. The first kappa shape index (κ1) is 60.3. The fourth-order valence-corrected chi connectivity index (χ4v) is 9.19. The van der Waals surface area contributed by atoms with Gasteiger partial charge in [0.2, 0.25) is 11.8 Å². The molecule has 0 spiro atoms. The Kier molecular flexibility index (Phi) is 42.5. The van der Waals surface area contributed by atoms with Gasteiger partial charge in [-0.05, 0) is 77.7 Å². The molecule has 1 fully saturated rings. The summed E-state index contributed by atoms with van der Waals surface area (Å²) in [5, 5.41) is 0. The number of carbonyl (C=O) groups excluding carboxylic acids is 3. The summed E-state index contributed by atoms with van der Waals surface area (Å²) in [6, 6.07) is 0. The molecule has 0 saturated carbocycles. The summed E-state index contributed by atoms with van der Waals surface area (Å²) in [4.78, 5) is 51.3. The summed E-state index contributed by atoms with van der Waals surface area (Å²) in [6.45, 7) is 22.3. The van der Waals surface area contributed by atoms with Crippen LogP contribution in [-0.2, 0) is 19.1 Å². The van der Waals surface area contributed by atoms with Crippen LogP contribution in [0.1, 0.15) is 247 Å². The first-order valence-corrected chi connectivity index (χ1v) is 28.3. The second-order valence-electron chi connectivity index (χ2n) is 19.7. The molecule has 1 rings (SSSR count). The SMILES string of the molecule is CCCCCCCCCN(CCCCCCCCC)CCN(CCCCCCCCC)CC(=O)N1CCN(C(=O)CN(CCCCCCCCC)CCCCCC(=O)OCCC)CC1. The lowest BCUT2D eigenvalue weighted by molar-refractivity contribution is -0.143. The molecule has 0 aromatic carbocycles. The van der Waals surface area contributed by atoms with Crippen LogP contribution in [0, 0.1) is 0 Å². The Morgan fingerprint density at radius 2 is 0.625 bits per heavy atom. The van der Waals surface area contributed by atoms with Gasteiger partial charge in [-0.1, -0.05) is 195 Å². The fraction of sp³-hybridized carbons (Fsp3) is 0.945. The van der Waals surface area contributed by atoms with Gasteiger partial charge < -0.3 is 19.4 Å². The molecule has 0 aliphatic carbocycles. The number of hydrogen-bond donors (Lipinski definition) is 0. The highest BCUT2D eigenvalue weighted by Crippen LogP contribution is 2.14. The quantitative estimate of drug-likeness (QED) is 0.0445. The van der Waals surface area contributed by atoms with Gasteiger partial charge in [0.1, 0.15) is 0 Å². The lowest BCUT2D eigenvalue weighted by atomic mass is 10.1. The second kappa shape index (κ2) is 45.1. The molecule has 1 aliphatic heterocycles. The summed E-state index contributed by atoms with van der Waals surface area (Å²) in [5.41, 5.74) is 0. The van der Waals surface area contributed by atoms with E-state index in [1.165, 1.54) is 180 Å². The van der Waals surface area contributed by atoms with Gasteiger partial charge in [-0.15, -0.1) is 0 Å². The van der Waals surface area contributed by atoms with E-state index in [4.69, 9.17) is 4.74 Å². The van der Waals surface area contributed by atoms with E-state index in [0.29, 0.717) is 52.3 Å². The molecule has 0 aromatic heterocycles. The van der Waals surface area contributed by atoms with Crippen LogP contribution < -0.4 is 0 Å². The molecule has 2 amide bonds. The van der Waals surface area contributed by atoms with Crippen LogP contribution in [0.2, 0.25) is 0 Å². The largest absolute Gasteiger partial charge is 0.466 e. The van der Waals surface area contributed by atoms with Crippen LogP contribution in [0.4, 0.5) is 0 Å². The van der Waals surface area contributed by atoms with Gasteiger partial charge >= 0.3 is 5.97 Å². The van der Waals surface area contributed by atoms with Gasteiger partial charge in [0, 0.05) is 45.7 Å². The Balaban J connectivity index is 2.79. The molecule has 1 saturated heterocycles. The molecule has 0 N–H and O–H groups in total. The molecule has 0 unspecified atom stereocenters. The standard InChI is InChI=1S/C55H109N5O4/c1-6-11-15-19-23-27-33-39-56(40-34-28-24-20-16-12-7-2)44-45-58(43-36-30-26-22-18-14-9-4)52-54(62)60-48-46-59(47-49-60)53(61)51-57(41-35-29-25-21-17-13-8-3)42-37-31-32-38-55(63)64-50-10-5/h6-52H2,1-5H3. The average Bonchev–Trinajstić information content (AvgIpc) is 3.30. The Morgan fingerprint density at radius 1 is 0.344 bits per heavy atom. The third-order valence-corrected chi connectivity index (χ3v) is 13.6. The molecule has 0 atom stereocenters. The third kappa shape index (κ3) is 35.5. The predicted octanol–water partition coefficient (Wildman–Crippen LogP) is 13.1. The zero-order chi connectivity index (χ0) is 46.6. The van der Waals surface area contributed by atoms with Crippen LogP contribution in [0.3, 0.4) is 0 Å². The van der Waals surface area contributed by atoms with Crippen molar-refractivity contribution in [1.29, 1.82) is 0 Å². The van der Waals surface area contributed by atoms with E-state index < -0.39 is 0 Å². The van der Waals surface area contributed by atoms with Crippen LogP contribution in [-0.4, -0.2) is 134 Å². The van der Waals surface area contributed by atoms with Crippen molar-refractivity contribution in [3.8, 4) is 0 Å². The maximum absolute atomic E-state index is 14.0. The first-order valence-electron chi connectivity index (χ1n) is 28.3. The van der Waals surface area contributed by atoms with E-state index in [-0.39, 0.29) is 17.8 Å². The number of hydrogen-bond acceptors (Lipinski definition) is 7. The van der Waals surface area contributed by atoms with Crippen molar-refractivity contribution in [1.82, 2.24) is 24.5 Å². The molecule has 0 radical (unpaired) electrons. The van der Waals surface area contributed by atoms with Crippen LogP contribution >= 0.6 is 0 Å². The molecule has 9 nitrogen and oxygen atoms in total. The van der Waals surface area contributed by atoms with Gasteiger partial charge in [-0.3, -0.25) is 24.2 Å². The zero-order valence-electron chi connectivity index (χ0n) is 43.6. The van der Waals surface area contributed by atoms with Crippen LogP contribution in [0.25, 0.3) is 0 Å². The van der Waals surface area contributed by atoms with E-state index in [9.17, 15) is 14.4 Å². The number of piperazine rings is 1. The van der Waals surface area contributed by atoms with Crippen LogP contribution in [0.5, 0.6) is 0 Å². The molecule has 378 valence electrons. The minimum absolute atomic E-state index is 0.0923. The van der Waals surface area contributed by atoms with Gasteiger partial charge in [0.05, 0.1) is 19.7 Å². The maximum atomic E-state index is 14.0. The van der Waals surface area contributed by atoms with Gasteiger partial charge in [-0.2, -0.15) is 0 Å². The van der Waals surface area contributed by atoms with Crippen molar-refractivity contribution < 1.29 is 19.1 Å². The van der Waals surface area contributed by atoms with Crippen molar-refractivity contribution in [3.05, 3.63) is 0 Å². The average molecular weight is 905 g/mol. The number of nitrogens with zero attached hydrogens (tertiary/aromatic N) is 5. The molecular weight excluding hydrogens is 795 g/mol. The van der Waals surface area contributed by atoms with Crippen molar-refractivity contribution in [2.24, 2.45) is 0 Å². The lowest BCUT2D eigenvalue weighted by Crippen LogP contribution is -2.54. The fourth-order valence-electron chi connectivity index (χ4n) is 9.19. The van der Waals surface area contributed by atoms with E-state index in [1.807, 2.05) is 16.7 Å². The number of esters is 1. The number of carbonyl (C=O) groups is 3. The molecule has 0 aromatic rings. The van der Waals surface area contributed by atoms with Crippen LogP contribution in [0.15, 0.2) is 0 Å². The Bertz CT molecular complexity index is 1040. The summed E-state index contributed by atoms with van der Waals surface area (Å²) >= 11 is 0. The summed E-state index contributed by atoms with van der Waals surface area (Å²) in [5.74, 6) is 0.339. The molecule has 64 heavy (non-hydrogen) atoms. The predicted molar refractivity (Wildman–Crippen MR) is 274 cm³/mol. The van der Waals surface area contributed by atoms with Gasteiger partial charge in [0.25, 0.3) is 0 Å². The monoisotopic (exact) mass is 904 g/mol. The van der Waals surface area contributed by atoms with E-state index in [2.05, 4.69) is 42.4 Å². The van der Waals surface area contributed by atoms with Gasteiger partial charge in [0.15, 0.2) is 0 Å². The highest BCUT2D eigenvalue weighted by atomic mass is 16.5. The number of rotatable bonds is 47. The summed E-state index contributed by atoms with van der Waals surface area (Å²) in [7, 11) is 0. The van der Waals surface area contributed by atoms with Crippen molar-refractivity contribution in [3.63, 3.8) is 0 Å². The Hall–Kier alpha value is -1.71. The molecule has 9 heteroatoms. The highest BCUT2D eigenvalue weighted by Gasteiger charge is 2.26. The third-order valence-electron chi connectivity index (χ3n) is 13.6. The lowest BCUT2D eigenvalue weighted by Gasteiger charge is -2.37. The molecular formula is C55H109N5O4. The van der Waals surface area contributed by atoms with E-state index in [1.54, 1.807) is 0 Å². The second-order valence-corrected chi connectivity index (χ2v) is 19.7. The van der Waals surface area contributed by atoms with Crippen molar-refractivity contribution >= 4 is 17.8 Å². The summed E-state index contributed by atoms with van der Waals surface area (Å²) < 4.78 is 5.26. The van der Waals surface area contributed by atoms with Crippen molar-refractivity contribution in [2.45, 2.75) is 247 Å². The van der Waals surface area contributed by atoms with Crippen molar-refractivity contribution in [2.75, 3.05) is 91.7 Å². The number of amides is 2. The minimum Gasteiger partial charge on any atom is -0.466 e. The first-order chi connectivity index (χ1) is 31.4. The van der Waals surface area contributed by atoms with E-state index in [0.717, 1.165) is 71.2 Å². The van der Waals surface area contributed by atoms with Gasteiger partial charge in [-0.25, -0.2) is 0 Å². The molecule has 1 heterocycles. The number of unbranched alkanes of at least 4 members (excludes halogenated alkanes) is 26. The Labute approximate surface area is 398 Å². The normalized spacial score (nSPS) is 13.2. The highest BCUT2D eigenvalue weighted by molar-refractivity contribution is 5.80. The summed E-state index contributed by atoms with van der Waals surface area (Å²) in [6.07, 6.45) is 40.8. The number of ether oxygens (including phenoxy) is 1. The van der Waals surface area contributed by atoms with E-state index >= 15 is 0 Å². The zero-order valence-corrected chi connectivity index (χ0v) is 43.6.